The van der Waals surface area contributed by atoms with E-state index in [0.717, 1.165) is 18.7 Å². The van der Waals surface area contributed by atoms with Gasteiger partial charge in [0, 0.05) is 25.3 Å². The van der Waals surface area contributed by atoms with E-state index >= 15 is 0 Å². The molecule has 1 atom stereocenters. The zero-order chi connectivity index (χ0) is 18.5. The molecule has 2 aromatic carbocycles. The summed E-state index contributed by atoms with van der Waals surface area (Å²) in [7, 11) is 0. The average Bonchev–Trinajstić information content (AvgIpc) is 3.18. The van der Waals surface area contributed by atoms with E-state index in [1.807, 2.05) is 18.2 Å². The first kappa shape index (κ1) is 18.9. The molecule has 1 saturated heterocycles. The number of carbonyl (C=O) groups excluding carboxylic acids is 1. The van der Waals surface area contributed by atoms with Crippen LogP contribution in [0.2, 0.25) is 10.0 Å². The zero-order valence-corrected chi connectivity index (χ0v) is 16.2. The van der Waals surface area contributed by atoms with Gasteiger partial charge in [0.2, 0.25) is 0 Å². The molecule has 1 aliphatic heterocycles. The quantitative estimate of drug-likeness (QED) is 0.775. The lowest BCUT2D eigenvalue weighted by molar-refractivity contribution is -0.127. The summed E-state index contributed by atoms with van der Waals surface area (Å²) in [6.45, 7) is 4.29. The third kappa shape index (κ3) is 4.43. The number of halogens is 2. The van der Waals surface area contributed by atoms with Crippen molar-refractivity contribution in [2.24, 2.45) is 0 Å². The molecule has 1 heterocycles. The fraction of sp³-hybridized carbons (Fsp3) is 0.350. The van der Waals surface area contributed by atoms with Gasteiger partial charge in [-0.2, -0.15) is 0 Å². The standard InChI is InChI=1S/C20H22Cl2N2O2/c1-14(26-18-10-6-8-16(21)19(18)22)20(25)23-13-15-7-2-3-9-17(15)24-11-4-5-12-24/h2-3,6-10,14H,4-5,11-13H2,1H3,(H,23,25). The molecule has 1 amide bonds. The molecule has 1 aliphatic rings. The number of nitrogens with zero attached hydrogens (tertiary/aromatic N) is 1. The van der Waals surface area contributed by atoms with Gasteiger partial charge in [0.1, 0.15) is 10.8 Å². The third-order valence-electron chi connectivity index (χ3n) is 4.48. The Morgan fingerprint density at radius 2 is 1.88 bits per heavy atom. The normalized spacial score (nSPS) is 15.0. The summed E-state index contributed by atoms with van der Waals surface area (Å²) < 4.78 is 5.67. The van der Waals surface area contributed by atoms with E-state index in [1.165, 1.54) is 18.5 Å². The number of benzene rings is 2. The van der Waals surface area contributed by atoms with Crippen molar-refractivity contribution in [1.82, 2.24) is 5.32 Å². The predicted octanol–water partition coefficient (Wildman–Crippen LogP) is 4.68. The Morgan fingerprint density at radius 1 is 1.15 bits per heavy atom. The summed E-state index contributed by atoms with van der Waals surface area (Å²) in [5, 5.41) is 3.66. The molecule has 2 aromatic rings. The van der Waals surface area contributed by atoms with Crippen LogP contribution in [0.4, 0.5) is 5.69 Å². The number of carbonyl (C=O) groups is 1. The maximum Gasteiger partial charge on any atom is 0.261 e. The van der Waals surface area contributed by atoms with Crippen LogP contribution in [0.25, 0.3) is 0 Å². The second-order valence-electron chi connectivity index (χ2n) is 6.35. The molecule has 0 spiro atoms. The largest absolute Gasteiger partial charge is 0.479 e. The van der Waals surface area contributed by atoms with Crippen LogP contribution in [-0.4, -0.2) is 25.1 Å². The highest BCUT2D eigenvalue weighted by Gasteiger charge is 2.19. The van der Waals surface area contributed by atoms with Gasteiger partial charge < -0.3 is 15.0 Å². The average molecular weight is 393 g/mol. The molecule has 0 aromatic heterocycles. The predicted molar refractivity (Wildman–Crippen MR) is 106 cm³/mol. The Bertz CT molecular complexity index is 776. The Morgan fingerprint density at radius 3 is 2.65 bits per heavy atom. The van der Waals surface area contributed by atoms with E-state index < -0.39 is 6.10 Å². The van der Waals surface area contributed by atoms with E-state index in [9.17, 15) is 4.79 Å². The van der Waals surface area contributed by atoms with Crippen LogP contribution in [0.1, 0.15) is 25.3 Å². The molecule has 6 heteroatoms. The van der Waals surface area contributed by atoms with Gasteiger partial charge in [-0.05, 0) is 43.5 Å². The maximum atomic E-state index is 12.4. The summed E-state index contributed by atoms with van der Waals surface area (Å²) in [6, 6.07) is 13.3. The van der Waals surface area contributed by atoms with Gasteiger partial charge >= 0.3 is 0 Å². The first-order chi connectivity index (χ1) is 12.6. The number of nitrogens with one attached hydrogen (secondary N) is 1. The molecule has 3 rings (SSSR count). The van der Waals surface area contributed by atoms with Crippen molar-refractivity contribution in [3.8, 4) is 5.75 Å². The number of para-hydroxylation sites is 1. The number of hydrogen-bond acceptors (Lipinski definition) is 3. The lowest BCUT2D eigenvalue weighted by Crippen LogP contribution is -2.36. The van der Waals surface area contributed by atoms with Crippen molar-refractivity contribution < 1.29 is 9.53 Å². The monoisotopic (exact) mass is 392 g/mol. The number of anilines is 1. The second-order valence-corrected chi connectivity index (χ2v) is 7.14. The van der Waals surface area contributed by atoms with Crippen LogP contribution in [0.3, 0.4) is 0 Å². The van der Waals surface area contributed by atoms with Crippen LogP contribution >= 0.6 is 23.2 Å². The van der Waals surface area contributed by atoms with Crippen molar-refractivity contribution in [3.63, 3.8) is 0 Å². The summed E-state index contributed by atoms with van der Waals surface area (Å²) >= 11 is 12.1. The third-order valence-corrected chi connectivity index (χ3v) is 5.28. The smallest absolute Gasteiger partial charge is 0.261 e. The van der Waals surface area contributed by atoms with E-state index in [2.05, 4.69) is 16.3 Å². The minimum Gasteiger partial charge on any atom is -0.479 e. The first-order valence-corrected chi connectivity index (χ1v) is 9.53. The molecule has 1 N–H and O–H groups in total. The fourth-order valence-corrected chi connectivity index (χ4v) is 3.41. The molecular weight excluding hydrogens is 371 g/mol. The molecule has 26 heavy (non-hydrogen) atoms. The minimum absolute atomic E-state index is 0.197. The topological polar surface area (TPSA) is 41.6 Å². The van der Waals surface area contributed by atoms with Crippen LogP contribution in [-0.2, 0) is 11.3 Å². The van der Waals surface area contributed by atoms with Gasteiger partial charge in [0.05, 0.1) is 5.02 Å². The molecule has 0 saturated carbocycles. The Labute approximate surface area is 164 Å². The minimum atomic E-state index is -0.676. The zero-order valence-electron chi connectivity index (χ0n) is 14.7. The van der Waals surface area contributed by atoms with Crippen LogP contribution in [0.5, 0.6) is 5.75 Å². The number of hydrogen-bond donors (Lipinski definition) is 1. The number of rotatable bonds is 6. The van der Waals surface area contributed by atoms with E-state index in [1.54, 1.807) is 25.1 Å². The SMILES string of the molecule is CC(Oc1cccc(Cl)c1Cl)C(=O)NCc1ccccc1N1CCCC1. The molecule has 0 aliphatic carbocycles. The van der Waals surface area contributed by atoms with Gasteiger partial charge in [-0.3, -0.25) is 4.79 Å². The van der Waals surface area contributed by atoms with Crippen molar-refractivity contribution >= 4 is 34.8 Å². The maximum absolute atomic E-state index is 12.4. The van der Waals surface area contributed by atoms with Crippen LogP contribution in [0, 0.1) is 0 Å². The molecule has 4 nitrogen and oxygen atoms in total. The Kier molecular flexibility index (Phi) is 6.28. The highest BCUT2D eigenvalue weighted by molar-refractivity contribution is 6.42. The molecule has 1 fully saturated rings. The lowest BCUT2D eigenvalue weighted by atomic mass is 10.1. The van der Waals surface area contributed by atoms with E-state index in [0.29, 0.717) is 22.3 Å². The highest BCUT2D eigenvalue weighted by Crippen LogP contribution is 2.32. The van der Waals surface area contributed by atoms with Gasteiger partial charge in [0.25, 0.3) is 5.91 Å². The summed E-state index contributed by atoms with van der Waals surface area (Å²) in [4.78, 5) is 14.8. The van der Waals surface area contributed by atoms with Gasteiger partial charge in [-0.1, -0.05) is 47.5 Å². The van der Waals surface area contributed by atoms with E-state index in [-0.39, 0.29) is 5.91 Å². The summed E-state index contributed by atoms with van der Waals surface area (Å²) in [5.41, 5.74) is 2.30. The van der Waals surface area contributed by atoms with Crippen molar-refractivity contribution in [1.29, 1.82) is 0 Å². The fourth-order valence-electron chi connectivity index (χ4n) is 3.07. The van der Waals surface area contributed by atoms with Crippen LogP contribution < -0.4 is 15.0 Å². The molecule has 138 valence electrons. The molecule has 0 bridgehead atoms. The summed E-state index contributed by atoms with van der Waals surface area (Å²) in [5.74, 6) is 0.205. The van der Waals surface area contributed by atoms with Crippen molar-refractivity contribution in [2.45, 2.75) is 32.4 Å². The van der Waals surface area contributed by atoms with Gasteiger partial charge in [-0.15, -0.1) is 0 Å². The van der Waals surface area contributed by atoms with Crippen molar-refractivity contribution in [2.75, 3.05) is 18.0 Å². The summed E-state index contributed by atoms with van der Waals surface area (Å²) in [6.07, 6.45) is 1.75. The second kappa shape index (κ2) is 8.65. The highest BCUT2D eigenvalue weighted by atomic mass is 35.5. The van der Waals surface area contributed by atoms with Crippen molar-refractivity contribution in [3.05, 3.63) is 58.1 Å². The Balaban J connectivity index is 1.61. The van der Waals surface area contributed by atoms with Gasteiger partial charge in [-0.25, -0.2) is 0 Å². The number of amides is 1. The Hall–Kier alpha value is -1.91. The molecule has 0 radical (unpaired) electrons. The van der Waals surface area contributed by atoms with Gasteiger partial charge in [0.15, 0.2) is 6.10 Å². The molecular formula is C20H22Cl2N2O2. The van der Waals surface area contributed by atoms with E-state index in [4.69, 9.17) is 27.9 Å². The molecule has 1 unspecified atom stereocenters. The van der Waals surface area contributed by atoms with Crippen LogP contribution in [0.15, 0.2) is 42.5 Å². The number of ether oxygens (including phenoxy) is 1. The first-order valence-electron chi connectivity index (χ1n) is 8.77. The lowest BCUT2D eigenvalue weighted by Gasteiger charge is -2.22.